The largest absolute Gasteiger partial charge is 0.453 e. The van der Waals surface area contributed by atoms with Crippen molar-refractivity contribution in [1.29, 1.82) is 5.26 Å². The van der Waals surface area contributed by atoms with Crippen molar-refractivity contribution in [1.82, 2.24) is 4.98 Å². The summed E-state index contributed by atoms with van der Waals surface area (Å²) in [6.45, 7) is 8.87. The fourth-order valence-electron chi connectivity index (χ4n) is 5.88. The van der Waals surface area contributed by atoms with Crippen molar-refractivity contribution < 1.29 is 4.74 Å². The second kappa shape index (κ2) is 10.2. The standard InChI is InChI=1S/C39H31N3O/c1-25-13-22-34(42-32-9-5-7-11-35(32)43-36-12-8-6-10-33(36)42)38-37(25)30(27-18-20-29(21-19-27)39(2,3)4)23-31(41-38)28-16-14-26(24-40)15-17-28/h5-23H,1-4H3. The summed E-state index contributed by atoms with van der Waals surface area (Å²) in [5.74, 6) is 1.60. The molecule has 0 N–H and O–H groups in total. The molecule has 4 nitrogen and oxygen atoms in total. The highest BCUT2D eigenvalue weighted by Gasteiger charge is 2.28. The molecule has 0 saturated heterocycles. The van der Waals surface area contributed by atoms with Crippen LogP contribution in [0.1, 0.15) is 37.5 Å². The minimum Gasteiger partial charge on any atom is -0.453 e. The maximum Gasteiger partial charge on any atom is 0.151 e. The molecule has 1 aliphatic rings. The van der Waals surface area contributed by atoms with Crippen LogP contribution in [0.4, 0.5) is 17.1 Å². The Balaban J connectivity index is 1.54. The van der Waals surface area contributed by atoms with E-state index < -0.39 is 0 Å². The number of para-hydroxylation sites is 4. The Labute approximate surface area is 252 Å². The van der Waals surface area contributed by atoms with Gasteiger partial charge in [0.25, 0.3) is 0 Å². The summed E-state index contributed by atoms with van der Waals surface area (Å²) in [6, 6.07) is 41.6. The minimum absolute atomic E-state index is 0.0622. The van der Waals surface area contributed by atoms with Crippen LogP contribution in [0.15, 0.2) is 115 Å². The first-order chi connectivity index (χ1) is 20.8. The number of ether oxygens (including phenoxy) is 1. The van der Waals surface area contributed by atoms with Crippen LogP contribution in [-0.2, 0) is 5.41 Å². The average molecular weight is 558 g/mol. The van der Waals surface area contributed by atoms with Gasteiger partial charge in [-0.25, -0.2) is 4.98 Å². The van der Waals surface area contributed by atoms with Gasteiger partial charge in [0, 0.05) is 10.9 Å². The zero-order valence-electron chi connectivity index (χ0n) is 24.7. The van der Waals surface area contributed by atoms with E-state index in [4.69, 9.17) is 9.72 Å². The number of nitrogens with zero attached hydrogens (tertiary/aromatic N) is 3. The number of nitriles is 1. The maximum atomic E-state index is 9.40. The molecule has 2 heterocycles. The molecule has 0 radical (unpaired) electrons. The Kier molecular flexibility index (Phi) is 6.25. The molecule has 0 saturated carbocycles. The zero-order valence-corrected chi connectivity index (χ0v) is 24.7. The van der Waals surface area contributed by atoms with Gasteiger partial charge in [0.2, 0.25) is 0 Å². The molecule has 4 heteroatoms. The lowest BCUT2D eigenvalue weighted by Crippen LogP contribution is -2.16. The van der Waals surface area contributed by atoms with Crippen molar-refractivity contribution in [2.45, 2.75) is 33.1 Å². The van der Waals surface area contributed by atoms with E-state index in [9.17, 15) is 5.26 Å². The molecule has 0 unspecified atom stereocenters. The van der Waals surface area contributed by atoms with Gasteiger partial charge in [-0.05, 0) is 83.1 Å². The molecule has 0 atom stereocenters. The molecule has 0 aliphatic carbocycles. The van der Waals surface area contributed by atoms with Crippen LogP contribution in [0.3, 0.4) is 0 Å². The van der Waals surface area contributed by atoms with Crippen molar-refractivity contribution in [3.8, 4) is 40.0 Å². The quantitative estimate of drug-likeness (QED) is 0.217. The molecule has 1 aliphatic heterocycles. The molecule has 5 aromatic carbocycles. The molecule has 0 spiro atoms. The van der Waals surface area contributed by atoms with Gasteiger partial charge in [0.15, 0.2) is 11.5 Å². The summed E-state index contributed by atoms with van der Waals surface area (Å²) in [7, 11) is 0. The van der Waals surface area contributed by atoms with Crippen LogP contribution in [0.25, 0.3) is 33.3 Å². The number of pyridine rings is 1. The van der Waals surface area contributed by atoms with E-state index in [1.165, 1.54) is 5.56 Å². The number of hydrogen-bond acceptors (Lipinski definition) is 4. The summed E-state index contributed by atoms with van der Waals surface area (Å²) in [4.78, 5) is 7.62. The number of aromatic nitrogens is 1. The molecule has 0 amide bonds. The fourth-order valence-corrected chi connectivity index (χ4v) is 5.88. The maximum absolute atomic E-state index is 9.40. The summed E-state index contributed by atoms with van der Waals surface area (Å²) in [6.07, 6.45) is 0. The van der Waals surface area contributed by atoms with Gasteiger partial charge in [-0.15, -0.1) is 0 Å². The third-order valence-corrected chi connectivity index (χ3v) is 8.19. The predicted molar refractivity (Wildman–Crippen MR) is 176 cm³/mol. The number of anilines is 3. The lowest BCUT2D eigenvalue weighted by molar-refractivity contribution is 0.477. The van der Waals surface area contributed by atoms with E-state index in [1.54, 1.807) is 0 Å². The first-order valence-electron chi connectivity index (χ1n) is 14.5. The summed E-state index contributed by atoms with van der Waals surface area (Å²) >= 11 is 0. The number of benzene rings is 5. The molecular weight excluding hydrogens is 526 g/mol. The number of fused-ring (bicyclic) bond motifs is 3. The van der Waals surface area contributed by atoms with Gasteiger partial charge in [-0.1, -0.05) is 87.5 Å². The number of rotatable bonds is 3. The van der Waals surface area contributed by atoms with Crippen LogP contribution >= 0.6 is 0 Å². The lowest BCUT2D eigenvalue weighted by Gasteiger charge is -2.33. The van der Waals surface area contributed by atoms with Crippen molar-refractivity contribution >= 4 is 28.0 Å². The van der Waals surface area contributed by atoms with Gasteiger partial charge in [0.1, 0.15) is 0 Å². The summed E-state index contributed by atoms with van der Waals surface area (Å²) in [5, 5.41) is 10.5. The Morgan fingerprint density at radius 1 is 0.698 bits per heavy atom. The van der Waals surface area contributed by atoms with Crippen LogP contribution in [0.5, 0.6) is 11.5 Å². The van der Waals surface area contributed by atoms with Gasteiger partial charge < -0.3 is 9.64 Å². The molecule has 7 rings (SSSR count). The second-order valence-electron chi connectivity index (χ2n) is 12.1. The summed E-state index contributed by atoms with van der Waals surface area (Å²) < 4.78 is 6.32. The second-order valence-corrected chi connectivity index (χ2v) is 12.1. The van der Waals surface area contributed by atoms with Crippen LogP contribution in [-0.4, -0.2) is 4.98 Å². The number of hydrogen-bond donors (Lipinski definition) is 0. The van der Waals surface area contributed by atoms with Gasteiger partial charge in [-0.2, -0.15) is 5.26 Å². The van der Waals surface area contributed by atoms with Gasteiger partial charge in [-0.3, -0.25) is 0 Å². The third kappa shape index (κ3) is 4.60. The topological polar surface area (TPSA) is 49.1 Å². The van der Waals surface area contributed by atoms with Crippen LogP contribution in [0, 0.1) is 18.3 Å². The molecule has 43 heavy (non-hydrogen) atoms. The first kappa shape index (κ1) is 26.5. The van der Waals surface area contributed by atoms with E-state index in [1.807, 2.05) is 60.7 Å². The predicted octanol–water partition coefficient (Wildman–Crippen LogP) is 10.6. The minimum atomic E-state index is 0.0622. The highest BCUT2D eigenvalue weighted by Crippen LogP contribution is 2.52. The Morgan fingerprint density at radius 2 is 1.30 bits per heavy atom. The highest BCUT2D eigenvalue weighted by molar-refractivity contribution is 6.07. The van der Waals surface area contributed by atoms with E-state index in [0.29, 0.717) is 5.56 Å². The smallest absolute Gasteiger partial charge is 0.151 e. The van der Waals surface area contributed by atoms with Crippen molar-refractivity contribution in [2.24, 2.45) is 0 Å². The monoisotopic (exact) mass is 557 g/mol. The van der Waals surface area contributed by atoms with Crippen LogP contribution in [0.2, 0.25) is 0 Å². The lowest BCUT2D eigenvalue weighted by atomic mass is 9.85. The number of aryl methyl sites for hydroxylation is 1. The molecule has 208 valence electrons. The molecule has 6 aromatic rings. The molecule has 1 aromatic heterocycles. The van der Waals surface area contributed by atoms with Crippen molar-refractivity contribution in [2.75, 3.05) is 4.90 Å². The first-order valence-corrected chi connectivity index (χ1v) is 14.5. The normalized spacial score (nSPS) is 12.3. The Morgan fingerprint density at radius 3 is 1.91 bits per heavy atom. The molecule has 0 bridgehead atoms. The van der Waals surface area contributed by atoms with E-state index >= 15 is 0 Å². The Bertz CT molecular complexity index is 2000. The van der Waals surface area contributed by atoms with Gasteiger partial charge in [0.05, 0.1) is 39.9 Å². The highest BCUT2D eigenvalue weighted by atomic mass is 16.5. The van der Waals surface area contributed by atoms with E-state index in [-0.39, 0.29) is 5.41 Å². The van der Waals surface area contributed by atoms with E-state index in [2.05, 4.69) is 93.3 Å². The molecule has 0 fully saturated rings. The fraction of sp³-hybridized carbons (Fsp3) is 0.128. The average Bonchev–Trinajstić information content (AvgIpc) is 3.03. The van der Waals surface area contributed by atoms with Crippen molar-refractivity contribution in [3.63, 3.8) is 0 Å². The summed E-state index contributed by atoms with van der Waals surface area (Å²) in [5.41, 5.74) is 11.0. The Hall–Kier alpha value is -5.40. The SMILES string of the molecule is Cc1ccc(N2c3ccccc3Oc3ccccc32)c2nc(-c3ccc(C#N)cc3)cc(-c3ccc(C(C)(C)C)cc3)c12. The third-order valence-electron chi connectivity index (χ3n) is 8.19. The van der Waals surface area contributed by atoms with E-state index in [0.717, 1.165) is 67.4 Å². The van der Waals surface area contributed by atoms with Gasteiger partial charge >= 0.3 is 0 Å². The van der Waals surface area contributed by atoms with Crippen molar-refractivity contribution in [3.05, 3.63) is 132 Å². The zero-order chi connectivity index (χ0) is 29.7. The van der Waals surface area contributed by atoms with Crippen LogP contribution < -0.4 is 9.64 Å². The molecular formula is C39H31N3O.